The molecular weight excluding hydrogens is 402 g/mol. The first-order valence-electron chi connectivity index (χ1n) is 11.3. The zero-order valence-corrected chi connectivity index (χ0v) is 19.0. The van der Waals surface area contributed by atoms with Gasteiger partial charge in [0.05, 0.1) is 16.6 Å². The predicted octanol–water partition coefficient (Wildman–Crippen LogP) is 4.27. The molecule has 5 nitrogen and oxygen atoms in total. The molecule has 0 aromatic carbocycles. The molecule has 3 heterocycles. The summed E-state index contributed by atoms with van der Waals surface area (Å²) in [6.07, 6.45) is 16.4. The molecule has 1 saturated heterocycles. The van der Waals surface area contributed by atoms with Gasteiger partial charge in [0.2, 0.25) is 0 Å². The van der Waals surface area contributed by atoms with Gasteiger partial charge in [-0.25, -0.2) is 9.98 Å². The van der Waals surface area contributed by atoms with Gasteiger partial charge >= 0.3 is 0 Å². The fourth-order valence-corrected chi connectivity index (χ4v) is 6.59. The molecule has 4 aliphatic carbocycles. The van der Waals surface area contributed by atoms with E-state index in [1.165, 1.54) is 29.8 Å². The third-order valence-electron chi connectivity index (χ3n) is 7.41. The van der Waals surface area contributed by atoms with E-state index in [1.807, 2.05) is 0 Å². The monoisotopic (exact) mass is 431 g/mol. The van der Waals surface area contributed by atoms with Crippen LogP contribution in [0.3, 0.4) is 0 Å². The molecule has 0 radical (unpaired) electrons. The van der Waals surface area contributed by atoms with E-state index < -0.39 is 0 Å². The second-order valence-corrected chi connectivity index (χ2v) is 10.9. The van der Waals surface area contributed by atoms with Crippen molar-refractivity contribution < 1.29 is 0 Å². The van der Waals surface area contributed by atoms with Crippen molar-refractivity contribution in [1.29, 1.82) is 0 Å². The van der Waals surface area contributed by atoms with Crippen molar-refractivity contribution >= 4 is 22.9 Å². The van der Waals surface area contributed by atoms with Crippen LogP contribution >= 0.6 is 11.3 Å². The van der Waals surface area contributed by atoms with E-state index in [2.05, 4.69) is 70.9 Å². The molecule has 2 bridgehead atoms. The zero-order valence-electron chi connectivity index (χ0n) is 18.2. The Balaban J connectivity index is 1.20. The van der Waals surface area contributed by atoms with Gasteiger partial charge in [-0.15, -0.1) is 11.3 Å². The molecular formula is C25H29N5S. The Morgan fingerprint density at radius 2 is 2.16 bits per heavy atom. The van der Waals surface area contributed by atoms with E-state index >= 15 is 0 Å². The Morgan fingerprint density at radius 1 is 1.26 bits per heavy atom. The third-order valence-corrected chi connectivity index (χ3v) is 8.23. The molecule has 0 spiro atoms. The minimum absolute atomic E-state index is 0.266. The maximum atomic E-state index is 4.80. The van der Waals surface area contributed by atoms with Crippen LogP contribution in [-0.2, 0) is 6.54 Å². The van der Waals surface area contributed by atoms with Crippen molar-refractivity contribution in [3.05, 3.63) is 63.8 Å². The first-order valence-corrected chi connectivity index (χ1v) is 12.2. The van der Waals surface area contributed by atoms with E-state index in [0.29, 0.717) is 23.9 Å². The first kappa shape index (κ1) is 19.4. The summed E-state index contributed by atoms with van der Waals surface area (Å²) in [4.78, 5) is 16.6. The molecule has 2 aliphatic heterocycles. The van der Waals surface area contributed by atoms with E-state index in [9.17, 15) is 0 Å². The summed E-state index contributed by atoms with van der Waals surface area (Å²) in [5, 5.41) is 7.05. The molecule has 6 heteroatoms. The van der Waals surface area contributed by atoms with Gasteiger partial charge in [-0.1, -0.05) is 37.3 Å². The summed E-state index contributed by atoms with van der Waals surface area (Å²) < 4.78 is 0. The summed E-state index contributed by atoms with van der Waals surface area (Å²) in [6, 6.07) is 0. The molecule has 2 atom stereocenters. The Hall–Kier alpha value is -2.31. The minimum atomic E-state index is 0.266. The Kier molecular flexibility index (Phi) is 4.62. The average Bonchev–Trinajstić information content (AvgIpc) is 3.32. The lowest BCUT2D eigenvalue weighted by molar-refractivity contribution is 0.0703. The lowest BCUT2D eigenvalue weighted by Gasteiger charge is -2.51. The molecule has 6 aliphatic rings. The number of fused-ring (bicyclic) bond motifs is 2. The predicted molar refractivity (Wildman–Crippen MR) is 127 cm³/mol. The fourth-order valence-electron chi connectivity index (χ4n) is 5.99. The molecule has 7 rings (SSSR count). The highest BCUT2D eigenvalue weighted by Crippen LogP contribution is 2.55. The van der Waals surface area contributed by atoms with Crippen LogP contribution in [0.1, 0.15) is 30.5 Å². The smallest absolute Gasteiger partial charge is 0.131 e. The molecule has 1 aromatic rings. The molecule has 1 aromatic heterocycles. The summed E-state index contributed by atoms with van der Waals surface area (Å²) in [6.45, 7) is 7.81. The normalized spacial score (nSPS) is 33.8. The van der Waals surface area contributed by atoms with Gasteiger partial charge in [0.1, 0.15) is 12.5 Å². The van der Waals surface area contributed by atoms with Crippen LogP contribution in [0.25, 0.3) is 0 Å². The molecule has 1 N–H and O–H groups in total. The zero-order chi connectivity index (χ0) is 21.0. The number of aromatic nitrogens is 1. The van der Waals surface area contributed by atoms with Gasteiger partial charge in [-0.05, 0) is 42.7 Å². The Labute approximate surface area is 188 Å². The van der Waals surface area contributed by atoms with Crippen LogP contribution in [0, 0.1) is 30.1 Å². The summed E-state index contributed by atoms with van der Waals surface area (Å²) in [5.74, 6) is 2.53. The number of rotatable bonds is 3. The van der Waals surface area contributed by atoms with Crippen molar-refractivity contribution in [2.75, 3.05) is 19.8 Å². The maximum Gasteiger partial charge on any atom is 0.131 e. The van der Waals surface area contributed by atoms with Crippen LogP contribution in [0.4, 0.5) is 0 Å². The molecule has 31 heavy (non-hydrogen) atoms. The summed E-state index contributed by atoms with van der Waals surface area (Å²) in [7, 11) is 0. The molecule has 1 saturated carbocycles. The number of amidine groups is 1. The third kappa shape index (κ3) is 3.56. The molecule has 2 unspecified atom stereocenters. The number of aryl methyl sites for hydroxylation is 1. The summed E-state index contributed by atoms with van der Waals surface area (Å²) >= 11 is 1.73. The van der Waals surface area contributed by atoms with E-state index in [0.717, 1.165) is 36.2 Å². The van der Waals surface area contributed by atoms with Crippen molar-refractivity contribution in [2.45, 2.75) is 33.2 Å². The van der Waals surface area contributed by atoms with E-state index in [-0.39, 0.29) is 5.92 Å². The Bertz CT molecular complexity index is 1080. The van der Waals surface area contributed by atoms with Crippen LogP contribution in [-0.4, -0.2) is 41.2 Å². The number of likely N-dealkylation sites (tertiary alicyclic amines) is 1. The topological polar surface area (TPSA) is 52.9 Å². The number of aliphatic imine (C=N–C) groups is 2. The van der Waals surface area contributed by atoms with Crippen molar-refractivity contribution in [1.82, 2.24) is 15.2 Å². The van der Waals surface area contributed by atoms with Crippen LogP contribution in [0.15, 0.2) is 63.1 Å². The fraction of sp³-hybridized carbons (Fsp3) is 0.480. The van der Waals surface area contributed by atoms with Gasteiger partial charge in [0.15, 0.2) is 0 Å². The second kappa shape index (κ2) is 7.38. The minimum Gasteiger partial charge on any atom is -0.344 e. The summed E-state index contributed by atoms with van der Waals surface area (Å²) in [5.41, 5.74) is 5.46. The number of nitrogens with zero attached hydrogens (tertiary/aromatic N) is 4. The Morgan fingerprint density at radius 3 is 3.00 bits per heavy atom. The van der Waals surface area contributed by atoms with Gasteiger partial charge in [0, 0.05) is 42.3 Å². The highest BCUT2D eigenvalue weighted by atomic mass is 32.1. The number of hydrogen-bond donors (Lipinski definition) is 1. The quantitative estimate of drug-likeness (QED) is 0.778. The number of nitrogens with one attached hydrogen (secondary N) is 1. The first-order chi connectivity index (χ1) is 15.1. The number of allylic oxidation sites excluding steroid dienone is 7. The van der Waals surface area contributed by atoms with Crippen molar-refractivity contribution in [2.24, 2.45) is 33.2 Å². The largest absolute Gasteiger partial charge is 0.344 e. The molecule has 160 valence electrons. The highest BCUT2D eigenvalue weighted by molar-refractivity contribution is 7.09. The SMILES string of the molecule is Cc1nc(CN2CC3=NCN=C(NC4=CC5CC(C)(C5)C5C=CC=CC5=C4)C3C2)cs1. The average molecular weight is 432 g/mol. The van der Waals surface area contributed by atoms with Gasteiger partial charge in [-0.3, -0.25) is 9.89 Å². The van der Waals surface area contributed by atoms with Gasteiger partial charge in [-0.2, -0.15) is 0 Å². The van der Waals surface area contributed by atoms with Crippen LogP contribution < -0.4 is 5.32 Å². The van der Waals surface area contributed by atoms with Gasteiger partial charge in [0.25, 0.3) is 0 Å². The number of thiazole rings is 1. The molecule has 2 fully saturated rings. The van der Waals surface area contributed by atoms with Crippen LogP contribution in [0.5, 0.6) is 0 Å². The lowest BCUT2D eigenvalue weighted by Crippen LogP contribution is -2.43. The van der Waals surface area contributed by atoms with E-state index in [1.54, 1.807) is 11.3 Å². The number of hydrogen-bond acceptors (Lipinski definition) is 6. The van der Waals surface area contributed by atoms with Crippen molar-refractivity contribution in [3.63, 3.8) is 0 Å². The van der Waals surface area contributed by atoms with Crippen LogP contribution in [0.2, 0.25) is 0 Å². The van der Waals surface area contributed by atoms with Crippen molar-refractivity contribution in [3.8, 4) is 0 Å². The van der Waals surface area contributed by atoms with E-state index in [4.69, 9.17) is 9.98 Å². The second-order valence-electron chi connectivity index (χ2n) is 9.85. The lowest BCUT2D eigenvalue weighted by atomic mass is 9.54. The molecule has 0 amide bonds. The van der Waals surface area contributed by atoms with Gasteiger partial charge < -0.3 is 5.32 Å². The standard InChI is InChI=1S/C25H29N5S/c1-16-28-20(14-31-16)11-30-12-21-23(13-30)26-15-27-24(21)29-19-7-17-9-25(2,10-17)22-6-4-3-5-18(22)8-19/h3-8,14,17,21-22H,9-13,15H2,1-2H3,(H,27,29). The maximum absolute atomic E-state index is 4.80. The highest BCUT2D eigenvalue weighted by Gasteiger charge is 2.46.